The van der Waals surface area contributed by atoms with Gasteiger partial charge in [0.05, 0.1) is 0 Å². The number of aryl methyl sites for hydroxylation is 1. The molecule has 0 radical (unpaired) electrons. The van der Waals surface area contributed by atoms with Gasteiger partial charge in [-0.05, 0) is 29.4 Å². The minimum absolute atomic E-state index is 0.237. The molecule has 0 amide bonds. The van der Waals surface area contributed by atoms with Crippen molar-refractivity contribution in [2.75, 3.05) is 0 Å². The predicted molar refractivity (Wildman–Crippen MR) is 70.6 cm³/mol. The molecule has 0 unspecified atom stereocenters. The summed E-state index contributed by atoms with van der Waals surface area (Å²) in [6.07, 6.45) is 1.97. The van der Waals surface area contributed by atoms with Gasteiger partial charge >= 0.3 is 0 Å². The van der Waals surface area contributed by atoms with Crippen LogP contribution in [0.1, 0.15) is 58.7 Å². The molecular weight excluding hydrogens is 194 g/mol. The number of nitrogens with zero attached hydrogens (tertiary/aromatic N) is 1. The van der Waals surface area contributed by atoms with E-state index in [1.54, 1.807) is 0 Å². The summed E-state index contributed by atoms with van der Waals surface area (Å²) in [4.78, 5) is 4.61. The molecule has 0 spiro atoms. The highest BCUT2D eigenvalue weighted by atomic mass is 14.7. The standard InChI is InChI=1S/C15H25N/c1-11-8-9-12(16-10-11)13(14(2,3)4)15(5,6)7/h8-10,13H,1-7H3. The zero-order chi connectivity index (χ0) is 12.6. The van der Waals surface area contributed by atoms with Crippen molar-refractivity contribution >= 4 is 0 Å². The molecule has 0 saturated carbocycles. The van der Waals surface area contributed by atoms with Gasteiger partial charge in [0.2, 0.25) is 0 Å². The minimum atomic E-state index is 0.237. The molecular formula is C15H25N. The maximum absolute atomic E-state index is 4.61. The van der Waals surface area contributed by atoms with E-state index in [2.05, 4.69) is 65.6 Å². The summed E-state index contributed by atoms with van der Waals surface area (Å²) < 4.78 is 0. The third kappa shape index (κ3) is 3.07. The maximum atomic E-state index is 4.61. The Balaban J connectivity index is 3.18. The average molecular weight is 219 g/mol. The molecule has 1 aromatic heterocycles. The van der Waals surface area contributed by atoms with Gasteiger partial charge in [-0.3, -0.25) is 4.98 Å². The van der Waals surface area contributed by atoms with Gasteiger partial charge in [0, 0.05) is 17.8 Å². The Morgan fingerprint density at radius 3 is 1.75 bits per heavy atom. The van der Waals surface area contributed by atoms with Gasteiger partial charge in [0.15, 0.2) is 0 Å². The van der Waals surface area contributed by atoms with E-state index in [1.165, 1.54) is 11.3 Å². The number of hydrogen-bond acceptors (Lipinski definition) is 1. The Kier molecular flexibility index (Phi) is 3.47. The van der Waals surface area contributed by atoms with Crippen LogP contribution < -0.4 is 0 Å². The van der Waals surface area contributed by atoms with Crippen LogP contribution in [0.5, 0.6) is 0 Å². The highest BCUT2D eigenvalue weighted by molar-refractivity contribution is 5.19. The zero-order valence-electron chi connectivity index (χ0n) is 11.8. The molecule has 0 aliphatic rings. The second-order valence-corrected chi connectivity index (χ2v) is 6.93. The molecule has 0 atom stereocenters. The van der Waals surface area contributed by atoms with Crippen LogP contribution in [0.2, 0.25) is 0 Å². The van der Waals surface area contributed by atoms with Gasteiger partial charge in [-0.25, -0.2) is 0 Å². The number of pyridine rings is 1. The third-order valence-electron chi connectivity index (χ3n) is 2.96. The summed E-state index contributed by atoms with van der Waals surface area (Å²) in [6.45, 7) is 15.9. The van der Waals surface area contributed by atoms with Crippen LogP contribution in [0, 0.1) is 17.8 Å². The second-order valence-electron chi connectivity index (χ2n) is 6.93. The molecule has 0 bridgehead atoms. The molecule has 1 heterocycles. The van der Waals surface area contributed by atoms with E-state index in [0.717, 1.165) is 0 Å². The summed E-state index contributed by atoms with van der Waals surface area (Å²) in [5.41, 5.74) is 2.91. The molecule has 1 rings (SSSR count). The summed E-state index contributed by atoms with van der Waals surface area (Å²) in [5, 5.41) is 0. The van der Waals surface area contributed by atoms with E-state index >= 15 is 0 Å². The van der Waals surface area contributed by atoms with Crippen LogP contribution in [0.3, 0.4) is 0 Å². The molecule has 0 aliphatic heterocycles. The quantitative estimate of drug-likeness (QED) is 0.674. The van der Waals surface area contributed by atoms with Crippen LogP contribution in [-0.2, 0) is 0 Å². The van der Waals surface area contributed by atoms with Crippen LogP contribution >= 0.6 is 0 Å². The van der Waals surface area contributed by atoms with Crippen molar-refractivity contribution in [3.8, 4) is 0 Å². The highest BCUT2D eigenvalue weighted by Gasteiger charge is 2.36. The average Bonchev–Trinajstić information content (AvgIpc) is 2.03. The van der Waals surface area contributed by atoms with Gasteiger partial charge in [0.25, 0.3) is 0 Å². The molecule has 1 heteroatoms. The van der Waals surface area contributed by atoms with Crippen LogP contribution in [0.4, 0.5) is 0 Å². The smallest absolute Gasteiger partial charge is 0.0445 e. The molecule has 1 nitrogen and oxygen atoms in total. The van der Waals surface area contributed by atoms with E-state index in [1.807, 2.05) is 6.20 Å². The van der Waals surface area contributed by atoms with Crippen molar-refractivity contribution < 1.29 is 0 Å². The van der Waals surface area contributed by atoms with Gasteiger partial charge < -0.3 is 0 Å². The minimum Gasteiger partial charge on any atom is -0.261 e. The fourth-order valence-corrected chi connectivity index (χ4v) is 2.84. The van der Waals surface area contributed by atoms with Gasteiger partial charge in [-0.15, -0.1) is 0 Å². The number of hydrogen-bond donors (Lipinski definition) is 0. The van der Waals surface area contributed by atoms with Crippen molar-refractivity contribution in [1.29, 1.82) is 0 Å². The fourth-order valence-electron chi connectivity index (χ4n) is 2.84. The summed E-state index contributed by atoms with van der Waals surface area (Å²) in [5.74, 6) is 0.473. The van der Waals surface area contributed by atoms with E-state index in [4.69, 9.17) is 0 Å². The zero-order valence-corrected chi connectivity index (χ0v) is 11.8. The highest BCUT2D eigenvalue weighted by Crippen LogP contribution is 2.46. The first-order chi connectivity index (χ1) is 7.12. The van der Waals surface area contributed by atoms with Gasteiger partial charge in [-0.2, -0.15) is 0 Å². The number of rotatable bonds is 1. The van der Waals surface area contributed by atoms with Crippen molar-refractivity contribution in [3.63, 3.8) is 0 Å². The van der Waals surface area contributed by atoms with Crippen molar-refractivity contribution in [2.45, 2.75) is 54.4 Å². The SMILES string of the molecule is Cc1ccc(C(C(C)(C)C)C(C)(C)C)nc1. The van der Waals surface area contributed by atoms with E-state index in [9.17, 15) is 0 Å². The molecule has 0 aromatic carbocycles. The first-order valence-corrected chi connectivity index (χ1v) is 6.05. The summed E-state index contributed by atoms with van der Waals surface area (Å²) >= 11 is 0. The van der Waals surface area contributed by atoms with Crippen LogP contribution in [0.25, 0.3) is 0 Å². The number of aromatic nitrogens is 1. The summed E-state index contributed by atoms with van der Waals surface area (Å²) in [6, 6.07) is 4.34. The van der Waals surface area contributed by atoms with Gasteiger partial charge in [0.1, 0.15) is 0 Å². The third-order valence-corrected chi connectivity index (χ3v) is 2.96. The molecule has 0 N–H and O–H groups in total. The molecule has 0 saturated heterocycles. The van der Waals surface area contributed by atoms with Crippen molar-refractivity contribution in [3.05, 3.63) is 29.6 Å². The summed E-state index contributed by atoms with van der Waals surface area (Å²) in [7, 11) is 0. The Bertz CT molecular complexity index is 321. The largest absolute Gasteiger partial charge is 0.261 e. The van der Waals surface area contributed by atoms with Crippen LogP contribution in [0.15, 0.2) is 18.3 Å². The van der Waals surface area contributed by atoms with Crippen molar-refractivity contribution in [1.82, 2.24) is 4.98 Å². The topological polar surface area (TPSA) is 12.9 Å². The lowest BCUT2D eigenvalue weighted by Crippen LogP contribution is -2.31. The predicted octanol–water partition coefficient (Wildman–Crippen LogP) is 4.57. The van der Waals surface area contributed by atoms with E-state index < -0.39 is 0 Å². The Morgan fingerprint density at radius 2 is 1.44 bits per heavy atom. The lowest BCUT2D eigenvalue weighted by atomic mass is 9.65. The molecule has 1 aromatic rings. The monoisotopic (exact) mass is 219 g/mol. The molecule has 0 aliphatic carbocycles. The maximum Gasteiger partial charge on any atom is 0.0445 e. The first-order valence-electron chi connectivity index (χ1n) is 6.05. The second kappa shape index (κ2) is 4.20. The lowest BCUT2D eigenvalue weighted by Gasteiger charge is -2.40. The molecule has 0 fully saturated rings. The van der Waals surface area contributed by atoms with E-state index in [-0.39, 0.29) is 10.8 Å². The normalized spacial score (nSPS) is 13.2. The molecule has 16 heavy (non-hydrogen) atoms. The molecule has 90 valence electrons. The lowest BCUT2D eigenvalue weighted by molar-refractivity contribution is 0.172. The Labute approximate surface area is 100 Å². The Morgan fingerprint density at radius 1 is 0.938 bits per heavy atom. The van der Waals surface area contributed by atoms with Crippen molar-refractivity contribution in [2.24, 2.45) is 10.8 Å². The fraction of sp³-hybridized carbons (Fsp3) is 0.667. The Hall–Kier alpha value is -0.850. The first kappa shape index (κ1) is 13.2. The van der Waals surface area contributed by atoms with Crippen LogP contribution in [-0.4, -0.2) is 4.98 Å². The van der Waals surface area contributed by atoms with Gasteiger partial charge in [-0.1, -0.05) is 47.6 Å². The van der Waals surface area contributed by atoms with E-state index in [0.29, 0.717) is 5.92 Å².